The van der Waals surface area contributed by atoms with Crippen LogP contribution in [0.1, 0.15) is 55.3 Å². The van der Waals surface area contributed by atoms with Crippen molar-refractivity contribution in [3.8, 4) is 11.3 Å². The Morgan fingerprint density at radius 3 is 2.60 bits per heavy atom. The van der Waals surface area contributed by atoms with Crippen molar-refractivity contribution in [1.29, 1.82) is 5.41 Å². The molecule has 0 amide bonds. The van der Waals surface area contributed by atoms with E-state index in [9.17, 15) is 4.79 Å². The highest BCUT2D eigenvalue weighted by molar-refractivity contribution is 5.84. The summed E-state index contributed by atoms with van der Waals surface area (Å²) in [6, 6.07) is 9.93. The highest BCUT2D eigenvalue weighted by Crippen LogP contribution is 2.34. The second kappa shape index (κ2) is 12.8. The van der Waals surface area contributed by atoms with Crippen LogP contribution >= 0.6 is 0 Å². The minimum atomic E-state index is -0.485. The minimum Gasteiger partial charge on any atom is -0.378 e. The van der Waals surface area contributed by atoms with E-state index in [-0.39, 0.29) is 0 Å². The summed E-state index contributed by atoms with van der Waals surface area (Å²) in [5.41, 5.74) is 6.39. The summed E-state index contributed by atoms with van der Waals surface area (Å²) in [6.07, 6.45) is 13.3. The lowest BCUT2D eigenvalue weighted by atomic mass is 9.89. The van der Waals surface area contributed by atoms with E-state index in [1.165, 1.54) is 5.56 Å². The first-order valence-electron chi connectivity index (χ1n) is 14.2. The van der Waals surface area contributed by atoms with Gasteiger partial charge in [0.2, 0.25) is 5.95 Å². The van der Waals surface area contributed by atoms with Crippen LogP contribution in [0.3, 0.4) is 0 Å². The van der Waals surface area contributed by atoms with Gasteiger partial charge in [0, 0.05) is 48.5 Å². The largest absolute Gasteiger partial charge is 0.378 e. The van der Waals surface area contributed by atoms with Crippen LogP contribution in [0.15, 0.2) is 48.9 Å². The molecule has 2 aliphatic rings. The molecule has 2 aliphatic heterocycles. The zero-order valence-corrected chi connectivity index (χ0v) is 23.3. The number of pyridine rings is 1. The van der Waals surface area contributed by atoms with E-state index in [1.54, 1.807) is 25.6 Å². The van der Waals surface area contributed by atoms with Crippen molar-refractivity contribution < 1.29 is 4.79 Å². The van der Waals surface area contributed by atoms with Crippen molar-refractivity contribution in [2.45, 2.75) is 45.1 Å². The molecule has 1 fully saturated rings. The van der Waals surface area contributed by atoms with Crippen LogP contribution in [0.4, 0.5) is 17.5 Å². The maximum Gasteiger partial charge on any atom is 0.222 e. The first-order valence-corrected chi connectivity index (χ1v) is 14.2. The van der Waals surface area contributed by atoms with Crippen LogP contribution in [-0.2, 0) is 11.2 Å². The van der Waals surface area contributed by atoms with Crippen LogP contribution in [0.2, 0.25) is 0 Å². The summed E-state index contributed by atoms with van der Waals surface area (Å²) in [6.45, 7) is 5.34. The van der Waals surface area contributed by atoms with Gasteiger partial charge in [0.25, 0.3) is 0 Å². The number of carbonyl (C=O) groups is 1. The number of hydrogen-bond donors (Lipinski definition) is 4. The topological polar surface area (TPSA) is 119 Å². The molecule has 1 atom stereocenters. The number of benzene rings is 1. The van der Waals surface area contributed by atoms with Gasteiger partial charge < -0.3 is 31.1 Å². The Labute approximate surface area is 236 Å². The van der Waals surface area contributed by atoms with E-state index in [1.807, 2.05) is 12.1 Å². The van der Waals surface area contributed by atoms with E-state index in [2.05, 4.69) is 62.0 Å². The Morgan fingerprint density at radius 2 is 1.93 bits per heavy atom. The third-order valence-corrected chi connectivity index (χ3v) is 7.78. The number of rotatable bonds is 11. The Bertz CT molecular complexity index is 1340. The van der Waals surface area contributed by atoms with Crippen molar-refractivity contribution in [3.63, 3.8) is 0 Å². The van der Waals surface area contributed by atoms with Crippen molar-refractivity contribution in [2.75, 3.05) is 37.3 Å². The monoisotopic (exact) mass is 538 g/mol. The first kappa shape index (κ1) is 27.5. The lowest BCUT2D eigenvalue weighted by Crippen LogP contribution is -2.37. The quantitative estimate of drug-likeness (QED) is 0.194. The van der Waals surface area contributed by atoms with Gasteiger partial charge in [-0.25, -0.2) is 15.0 Å². The molecule has 4 N–H and O–H groups in total. The average Bonchev–Trinajstić information content (AvgIpc) is 3.00. The van der Waals surface area contributed by atoms with Crippen LogP contribution in [0.5, 0.6) is 0 Å². The predicted molar refractivity (Wildman–Crippen MR) is 161 cm³/mol. The van der Waals surface area contributed by atoms with Crippen molar-refractivity contribution >= 4 is 35.5 Å². The van der Waals surface area contributed by atoms with Crippen LogP contribution in [0.25, 0.3) is 17.3 Å². The van der Waals surface area contributed by atoms with Crippen molar-refractivity contribution in [1.82, 2.24) is 25.2 Å². The lowest BCUT2D eigenvalue weighted by molar-refractivity contribution is -0.109. The molecular weight excluding hydrogens is 500 g/mol. The zero-order chi connectivity index (χ0) is 27.9. The summed E-state index contributed by atoms with van der Waals surface area (Å²) in [7, 11) is 1.78. The van der Waals surface area contributed by atoms with E-state index in [0.717, 1.165) is 91.8 Å². The van der Waals surface area contributed by atoms with Gasteiger partial charge in [-0.2, -0.15) is 0 Å². The molecule has 0 spiro atoms. The molecule has 5 rings (SSSR count). The first-order chi connectivity index (χ1) is 19.6. The molecule has 208 valence electrons. The standard InChI is InChI=1S/C31H38N8O/c1-3-4-26(32)22-11-15-39(16-12-22)14-10-21-5-7-25(8-6-21)37-30-29-23(9-13-34-28(29)20-40)17-27(38-30)24-18-35-31(33-2)36-19-24/h5-9,13,17-20,22,28,32,34H,3-4,10-12,14-16H2,1-2H3,(H,37,38)(H,33,35,36). The minimum absolute atomic E-state index is 0.476. The fraction of sp³-hybridized carbons (Fsp3) is 0.387. The van der Waals surface area contributed by atoms with Gasteiger partial charge in [-0.15, -0.1) is 0 Å². The molecule has 1 saturated heterocycles. The van der Waals surface area contributed by atoms with Crippen LogP contribution in [0, 0.1) is 11.3 Å². The Kier molecular flexibility index (Phi) is 8.81. The number of nitrogens with one attached hydrogen (secondary N) is 4. The van der Waals surface area contributed by atoms with Gasteiger partial charge >= 0.3 is 0 Å². The summed E-state index contributed by atoms with van der Waals surface area (Å²) in [5, 5.41) is 17.8. The molecule has 1 unspecified atom stereocenters. The Morgan fingerprint density at radius 1 is 1.18 bits per heavy atom. The number of aldehydes is 1. The number of aromatic nitrogens is 3. The van der Waals surface area contributed by atoms with Crippen LogP contribution < -0.4 is 16.0 Å². The lowest BCUT2D eigenvalue weighted by Gasteiger charge is -2.32. The van der Waals surface area contributed by atoms with Gasteiger partial charge in [-0.1, -0.05) is 25.5 Å². The molecule has 9 nitrogen and oxygen atoms in total. The number of nitrogens with zero attached hydrogens (tertiary/aromatic N) is 4. The normalized spacial score (nSPS) is 17.1. The molecular formula is C31H38N8O. The maximum atomic E-state index is 11.9. The van der Waals surface area contributed by atoms with Gasteiger partial charge in [0.15, 0.2) is 0 Å². The van der Waals surface area contributed by atoms with Gasteiger partial charge in [0.05, 0.1) is 5.69 Å². The molecule has 4 heterocycles. The number of piperidine rings is 1. The van der Waals surface area contributed by atoms with E-state index in [0.29, 0.717) is 17.7 Å². The van der Waals surface area contributed by atoms with Gasteiger partial charge in [-0.05, 0) is 86.3 Å². The summed E-state index contributed by atoms with van der Waals surface area (Å²) in [5.74, 6) is 1.65. The molecule has 3 aromatic rings. The molecule has 9 heteroatoms. The number of carbonyl (C=O) groups excluding carboxylic acids is 1. The highest BCUT2D eigenvalue weighted by Gasteiger charge is 2.24. The predicted octanol–water partition coefficient (Wildman–Crippen LogP) is 5.21. The number of likely N-dealkylation sites (tertiary alicyclic amines) is 1. The highest BCUT2D eigenvalue weighted by atomic mass is 16.1. The van der Waals surface area contributed by atoms with Crippen LogP contribution in [-0.4, -0.2) is 58.5 Å². The number of anilines is 3. The third kappa shape index (κ3) is 6.37. The van der Waals surface area contributed by atoms with Gasteiger partial charge in [0.1, 0.15) is 18.1 Å². The molecule has 0 radical (unpaired) electrons. The van der Waals surface area contributed by atoms with Crippen molar-refractivity contribution in [3.05, 3.63) is 65.6 Å². The molecule has 0 saturated carbocycles. The summed E-state index contributed by atoms with van der Waals surface area (Å²) >= 11 is 0. The van der Waals surface area contributed by atoms with E-state index >= 15 is 0 Å². The molecule has 40 heavy (non-hydrogen) atoms. The molecule has 0 bridgehead atoms. The molecule has 1 aromatic carbocycles. The Hall–Kier alpha value is -4.11. The molecule has 0 aliphatic carbocycles. The number of hydrogen-bond acceptors (Lipinski definition) is 9. The zero-order valence-electron chi connectivity index (χ0n) is 23.3. The third-order valence-electron chi connectivity index (χ3n) is 7.78. The fourth-order valence-corrected chi connectivity index (χ4v) is 5.46. The maximum absolute atomic E-state index is 11.9. The summed E-state index contributed by atoms with van der Waals surface area (Å²) < 4.78 is 0. The SMILES string of the molecule is CCCC(=N)C1CCN(CCc2ccc(Nc3nc(-c4cnc(NC)nc4)cc4c3C(C=O)NC=C4)cc2)CC1. The smallest absolute Gasteiger partial charge is 0.222 e. The second-order valence-electron chi connectivity index (χ2n) is 10.5. The fourth-order valence-electron chi connectivity index (χ4n) is 5.46. The van der Waals surface area contributed by atoms with Gasteiger partial charge in [-0.3, -0.25) is 0 Å². The summed E-state index contributed by atoms with van der Waals surface area (Å²) in [4.78, 5) is 28.0. The average molecular weight is 539 g/mol. The molecule has 2 aromatic heterocycles. The van der Waals surface area contributed by atoms with E-state index in [4.69, 9.17) is 10.4 Å². The van der Waals surface area contributed by atoms with Crippen molar-refractivity contribution in [2.24, 2.45) is 5.92 Å². The number of fused-ring (bicyclic) bond motifs is 1. The van der Waals surface area contributed by atoms with E-state index < -0.39 is 6.04 Å². The Balaban J connectivity index is 1.27. The second-order valence-corrected chi connectivity index (χ2v) is 10.5.